The van der Waals surface area contributed by atoms with Crippen molar-refractivity contribution in [2.24, 2.45) is 0 Å². The fraction of sp³-hybridized carbons (Fsp3) is 0.167. The van der Waals surface area contributed by atoms with Gasteiger partial charge in [0.1, 0.15) is 23.5 Å². The Labute approximate surface area is 148 Å². The Hall–Kier alpha value is -3.26. The number of halogens is 1. The molecular formula is C18H16FN5O2. The molecule has 3 heterocycles. The van der Waals surface area contributed by atoms with Crippen molar-refractivity contribution in [3.63, 3.8) is 0 Å². The van der Waals surface area contributed by atoms with Crippen LogP contribution in [0.4, 0.5) is 10.3 Å². The summed E-state index contributed by atoms with van der Waals surface area (Å²) in [4.78, 5) is 13.2. The number of oxazole rings is 1. The Morgan fingerprint density at radius 2 is 2.04 bits per heavy atom. The summed E-state index contributed by atoms with van der Waals surface area (Å²) in [6.45, 7) is 1.79. The molecule has 8 heteroatoms. The number of fused-ring (bicyclic) bond motifs is 1. The summed E-state index contributed by atoms with van der Waals surface area (Å²) in [6.07, 6.45) is 4.91. The van der Waals surface area contributed by atoms with Gasteiger partial charge in [-0.05, 0) is 37.3 Å². The molecule has 0 fully saturated rings. The molecule has 2 N–H and O–H groups in total. The maximum Gasteiger partial charge on any atom is 0.306 e. The fourth-order valence-corrected chi connectivity index (χ4v) is 2.67. The summed E-state index contributed by atoms with van der Waals surface area (Å²) < 4.78 is 20.5. The molecule has 1 atom stereocenters. The van der Waals surface area contributed by atoms with E-state index in [1.807, 2.05) is 6.92 Å². The Morgan fingerprint density at radius 3 is 2.81 bits per heavy atom. The van der Waals surface area contributed by atoms with Crippen LogP contribution in [0.3, 0.4) is 0 Å². The van der Waals surface area contributed by atoms with Gasteiger partial charge in [0.25, 0.3) is 0 Å². The van der Waals surface area contributed by atoms with Gasteiger partial charge in [0.05, 0.1) is 12.3 Å². The standard InChI is InChI=1S/C18H16FN5O2/c1-11(10-25)21-17-20-7-6-14(22-17)16-15(12-2-4-13(19)5-3-12)23-18-24(16)8-9-26-18/h2-9,11,25H,10H2,1H3,(H,20,21,22)/t11-/m0/s1. The SMILES string of the molecule is C[C@@H](CO)Nc1nccc(-c2c(-c3ccc(F)cc3)nc3occn23)n1. The highest BCUT2D eigenvalue weighted by atomic mass is 19.1. The Kier molecular flexibility index (Phi) is 4.10. The average molecular weight is 353 g/mol. The van der Waals surface area contributed by atoms with E-state index >= 15 is 0 Å². The number of rotatable bonds is 5. The third kappa shape index (κ3) is 2.91. The first-order valence-electron chi connectivity index (χ1n) is 8.08. The summed E-state index contributed by atoms with van der Waals surface area (Å²) in [7, 11) is 0. The predicted molar refractivity (Wildman–Crippen MR) is 94.0 cm³/mol. The van der Waals surface area contributed by atoms with Crippen LogP contribution in [0.2, 0.25) is 0 Å². The van der Waals surface area contributed by atoms with Crippen molar-refractivity contribution >= 4 is 11.8 Å². The molecule has 0 unspecified atom stereocenters. The smallest absolute Gasteiger partial charge is 0.306 e. The van der Waals surface area contributed by atoms with Crippen molar-refractivity contribution in [1.29, 1.82) is 0 Å². The molecule has 0 radical (unpaired) electrons. The molecule has 1 aromatic carbocycles. The van der Waals surface area contributed by atoms with Crippen LogP contribution >= 0.6 is 0 Å². The third-order valence-corrected chi connectivity index (χ3v) is 3.93. The molecule has 3 aromatic heterocycles. The van der Waals surface area contributed by atoms with Crippen LogP contribution in [0, 0.1) is 5.82 Å². The van der Waals surface area contributed by atoms with Crippen LogP contribution in [0.1, 0.15) is 6.92 Å². The van der Waals surface area contributed by atoms with Crippen molar-refractivity contribution in [2.45, 2.75) is 13.0 Å². The second kappa shape index (κ2) is 6.57. The number of aromatic nitrogens is 4. The van der Waals surface area contributed by atoms with Crippen molar-refractivity contribution in [2.75, 3.05) is 11.9 Å². The maximum absolute atomic E-state index is 13.3. The third-order valence-electron chi connectivity index (χ3n) is 3.93. The van der Waals surface area contributed by atoms with Crippen LogP contribution in [-0.2, 0) is 0 Å². The summed E-state index contributed by atoms with van der Waals surface area (Å²) >= 11 is 0. The lowest BCUT2D eigenvalue weighted by atomic mass is 10.1. The molecule has 0 saturated carbocycles. The van der Waals surface area contributed by atoms with E-state index in [-0.39, 0.29) is 18.5 Å². The summed E-state index contributed by atoms with van der Waals surface area (Å²) in [5.41, 5.74) is 2.71. The van der Waals surface area contributed by atoms with Crippen LogP contribution in [0.25, 0.3) is 28.5 Å². The molecule has 0 amide bonds. The number of anilines is 1. The summed E-state index contributed by atoms with van der Waals surface area (Å²) in [6, 6.07) is 7.68. The Bertz CT molecular complexity index is 1040. The zero-order valence-electron chi connectivity index (χ0n) is 13.9. The normalized spacial score (nSPS) is 12.4. The Morgan fingerprint density at radius 1 is 1.23 bits per heavy atom. The van der Waals surface area contributed by atoms with Crippen LogP contribution in [-0.4, -0.2) is 37.1 Å². The van der Waals surface area contributed by atoms with Gasteiger partial charge in [-0.1, -0.05) is 0 Å². The highest BCUT2D eigenvalue weighted by Crippen LogP contribution is 2.32. The fourth-order valence-electron chi connectivity index (χ4n) is 2.67. The molecule has 26 heavy (non-hydrogen) atoms. The van der Waals surface area contributed by atoms with Crippen molar-refractivity contribution in [3.05, 3.63) is 54.8 Å². The lowest BCUT2D eigenvalue weighted by Crippen LogP contribution is -2.20. The molecular weight excluding hydrogens is 337 g/mol. The molecule has 0 spiro atoms. The monoisotopic (exact) mass is 353 g/mol. The summed E-state index contributed by atoms with van der Waals surface area (Å²) in [5, 5.41) is 12.2. The van der Waals surface area contributed by atoms with Crippen molar-refractivity contribution in [3.8, 4) is 22.6 Å². The second-order valence-corrected chi connectivity index (χ2v) is 5.86. The number of benzene rings is 1. The van der Waals surface area contributed by atoms with Crippen molar-refractivity contribution < 1.29 is 13.9 Å². The van der Waals surface area contributed by atoms with Crippen LogP contribution in [0.5, 0.6) is 0 Å². The number of aliphatic hydroxyl groups is 1. The molecule has 4 aromatic rings. The maximum atomic E-state index is 13.3. The number of nitrogens with one attached hydrogen (secondary N) is 1. The van der Waals surface area contributed by atoms with Gasteiger partial charge in [0.2, 0.25) is 5.95 Å². The van der Waals surface area contributed by atoms with Crippen molar-refractivity contribution in [1.82, 2.24) is 19.4 Å². The van der Waals surface area contributed by atoms with Crippen LogP contribution in [0.15, 0.2) is 53.4 Å². The van der Waals surface area contributed by atoms with Gasteiger partial charge in [-0.15, -0.1) is 0 Å². The molecule has 4 rings (SSSR count). The molecule has 0 aliphatic rings. The largest absolute Gasteiger partial charge is 0.432 e. The zero-order valence-corrected chi connectivity index (χ0v) is 13.9. The molecule has 0 aliphatic carbocycles. The molecule has 0 aliphatic heterocycles. The first-order valence-corrected chi connectivity index (χ1v) is 8.08. The first-order chi connectivity index (χ1) is 12.7. The number of aliphatic hydroxyl groups excluding tert-OH is 1. The van der Waals surface area contributed by atoms with E-state index in [2.05, 4.69) is 20.3 Å². The van der Waals surface area contributed by atoms with Gasteiger partial charge in [-0.2, -0.15) is 4.98 Å². The van der Waals surface area contributed by atoms with Gasteiger partial charge in [-0.3, -0.25) is 4.40 Å². The average Bonchev–Trinajstić information content (AvgIpc) is 3.23. The van der Waals surface area contributed by atoms with E-state index in [0.29, 0.717) is 28.9 Å². The highest BCUT2D eigenvalue weighted by molar-refractivity contribution is 5.79. The molecule has 0 saturated heterocycles. The summed E-state index contributed by atoms with van der Waals surface area (Å²) in [5.74, 6) is 0.494. The Balaban J connectivity index is 1.85. The van der Waals surface area contributed by atoms with Gasteiger partial charge < -0.3 is 14.8 Å². The topological polar surface area (TPSA) is 88.5 Å². The van der Waals surface area contributed by atoms with E-state index < -0.39 is 0 Å². The van der Waals surface area contributed by atoms with Gasteiger partial charge in [-0.25, -0.2) is 14.4 Å². The van der Waals surface area contributed by atoms with Gasteiger partial charge in [0.15, 0.2) is 0 Å². The van der Waals surface area contributed by atoms with E-state index in [1.54, 1.807) is 35.0 Å². The van der Waals surface area contributed by atoms with Gasteiger partial charge >= 0.3 is 5.84 Å². The minimum Gasteiger partial charge on any atom is -0.432 e. The quantitative estimate of drug-likeness (QED) is 0.573. The van der Waals surface area contributed by atoms with E-state index in [4.69, 9.17) is 4.42 Å². The molecule has 132 valence electrons. The lowest BCUT2D eigenvalue weighted by molar-refractivity contribution is 0.281. The number of nitrogens with zero attached hydrogens (tertiary/aromatic N) is 4. The number of hydrogen-bond acceptors (Lipinski definition) is 6. The minimum atomic E-state index is -0.315. The lowest BCUT2D eigenvalue weighted by Gasteiger charge is -2.11. The molecule has 0 bridgehead atoms. The second-order valence-electron chi connectivity index (χ2n) is 5.86. The van der Waals surface area contributed by atoms with Gasteiger partial charge in [0, 0.05) is 24.0 Å². The number of hydrogen-bond donors (Lipinski definition) is 2. The zero-order chi connectivity index (χ0) is 18.1. The molecule has 7 nitrogen and oxygen atoms in total. The van der Waals surface area contributed by atoms with E-state index in [1.165, 1.54) is 18.4 Å². The van der Waals surface area contributed by atoms with Crippen LogP contribution < -0.4 is 5.32 Å². The minimum absolute atomic E-state index is 0.0346. The van der Waals surface area contributed by atoms with E-state index in [0.717, 1.165) is 5.56 Å². The predicted octanol–water partition coefficient (Wildman–Crippen LogP) is 2.98. The highest BCUT2D eigenvalue weighted by Gasteiger charge is 2.19. The number of imidazole rings is 1. The van der Waals surface area contributed by atoms with E-state index in [9.17, 15) is 9.50 Å². The first kappa shape index (κ1) is 16.2.